The van der Waals surface area contributed by atoms with Crippen molar-refractivity contribution in [3.8, 4) is 0 Å². The fourth-order valence-corrected chi connectivity index (χ4v) is 2.71. The summed E-state index contributed by atoms with van der Waals surface area (Å²) in [6.07, 6.45) is 1.89. The zero-order chi connectivity index (χ0) is 14.7. The molecule has 3 rings (SSSR count). The van der Waals surface area contributed by atoms with Crippen LogP contribution in [0.2, 0.25) is 0 Å². The second-order valence-corrected chi connectivity index (χ2v) is 5.83. The van der Waals surface area contributed by atoms with Gasteiger partial charge >= 0.3 is 0 Å². The zero-order valence-electron chi connectivity index (χ0n) is 11.4. The van der Waals surface area contributed by atoms with Crippen molar-refractivity contribution in [2.45, 2.75) is 17.3 Å². The highest BCUT2D eigenvalue weighted by atomic mass is 32.2. The molecule has 1 amide bonds. The highest BCUT2D eigenvalue weighted by Crippen LogP contribution is 2.23. The van der Waals surface area contributed by atoms with Gasteiger partial charge in [0, 0.05) is 11.9 Å². The molecule has 1 aromatic carbocycles. The first kappa shape index (κ1) is 13.6. The van der Waals surface area contributed by atoms with Crippen molar-refractivity contribution in [1.29, 1.82) is 0 Å². The molecular formula is C15H14N4OS. The minimum atomic E-state index is -0.266. The molecule has 0 aliphatic heterocycles. The normalized spacial score (nSPS) is 12.2. The first-order chi connectivity index (χ1) is 10.2. The second-order valence-electron chi connectivity index (χ2n) is 4.53. The maximum Gasteiger partial charge on any atom is 0.237 e. The Hall–Kier alpha value is -2.34. The summed E-state index contributed by atoms with van der Waals surface area (Å²) in [6, 6.07) is 15.1. The highest BCUT2D eigenvalue weighted by Gasteiger charge is 2.17. The third kappa shape index (κ3) is 3.05. The first-order valence-corrected chi connectivity index (χ1v) is 7.44. The molecule has 1 N–H and O–H groups in total. The van der Waals surface area contributed by atoms with E-state index in [0.29, 0.717) is 5.16 Å². The smallest absolute Gasteiger partial charge is 0.237 e. The monoisotopic (exact) mass is 298 g/mol. The van der Waals surface area contributed by atoms with Gasteiger partial charge in [-0.25, -0.2) is 0 Å². The van der Waals surface area contributed by atoms with Crippen LogP contribution >= 0.6 is 11.8 Å². The summed E-state index contributed by atoms with van der Waals surface area (Å²) in [5, 5.41) is 11.5. The summed E-state index contributed by atoms with van der Waals surface area (Å²) in [5.74, 6) is -0.0566. The van der Waals surface area contributed by atoms with Crippen LogP contribution in [0.1, 0.15) is 6.92 Å². The number of aromatic nitrogens is 3. The van der Waals surface area contributed by atoms with Gasteiger partial charge in [0.2, 0.25) is 5.91 Å². The number of hydrogen-bond acceptors (Lipinski definition) is 4. The van der Waals surface area contributed by atoms with Gasteiger partial charge in [-0.05, 0) is 31.2 Å². The van der Waals surface area contributed by atoms with Gasteiger partial charge < -0.3 is 5.32 Å². The number of thioether (sulfide) groups is 1. The largest absolute Gasteiger partial charge is 0.325 e. The van der Waals surface area contributed by atoms with E-state index in [1.54, 1.807) is 0 Å². The van der Waals surface area contributed by atoms with Crippen LogP contribution < -0.4 is 5.32 Å². The minimum Gasteiger partial charge on any atom is -0.325 e. The Labute approximate surface area is 126 Å². The lowest BCUT2D eigenvalue weighted by Crippen LogP contribution is -2.22. The van der Waals surface area contributed by atoms with Gasteiger partial charge in [0.15, 0.2) is 10.8 Å². The van der Waals surface area contributed by atoms with E-state index in [1.807, 2.05) is 66.1 Å². The average Bonchev–Trinajstić information content (AvgIpc) is 2.91. The van der Waals surface area contributed by atoms with E-state index in [4.69, 9.17) is 0 Å². The van der Waals surface area contributed by atoms with Gasteiger partial charge in [-0.15, -0.1) is 10.2 Å². The summed E-state index contributed by atoms with van der Waals surface area (Å²) in [4.78, 5) is 12.2. The summed E-state index contributed by atoms with van der Waals surface area (Å²) in [7, 11) is 0. The van der Waals surface area contributed by atoms with E-state index in [0.717, 1.165) is 11.3 Å². The van der Waals surface area contributed by atoms with Gasteiger partial charge in [-0.2, -0.15) is 0 Å². The molecule has 2 aromatic heterocycles. The van der Waals surface area contributed by atoms with Crippen molar-refractivity contribution < 1.29 is 4.79 Å². The molecule has 3 aromatic rings. The molecule has 1 unspecified atom stereocenters. The molecule has 0 aliphatic carbocycles. The molecule has 0 aliphatic rings. The summed E-state index contributed by atoms with van der Waals surface area (Å²) in [6.45, 7) is 1.85. The van der Waals surface area contributed by atoms with Crippen LogP contribution in [-0.2, 0) is 4.79 Å². The average molecular weight is 298 g/mol. The summed E-state index contributed by atoms with van der Waals surface area (Å²) >= 11 is 1.38. The maximum absolute atomic E-state index is 12.2. The lowest BCUT2D eigenvalue weighted by atomic mass is 10.3. The molecule has 0 spiro atoms. The lowest BCUT2D eigenvalue weighted by Gasteiger charge is -2.10. The lowest BCUT2D eigenvalue weighted by molar-refractivity contribution is -0.115. The number of pyridine rings is 1. The summed E-state index contributed by atoms with van der Waals surface area (Å²) in [5.41, 5.74) is 1.57. The van der Waals surface area contributed by atoms with Crippen LogP contribution in [0.4, 0.5) is 5.69 Å². The Bertz CT molecular complexity index is 756. The number of carbonyl (C=O) groups is 1. The number of carbonyl (C=O) groups excluding carboxylic acids is 1. The van der Waals surface area contributed by atoms with Crippen LogP contribution in [0, 0.1) is 0 Å². The van der Waals surface area contributed by atoms with E-state index < -0.39 is 0 Å². The number of hydrogen-bond donors (Lipinski definition) is 1. The highest BCUT2D eigenvalue weighted by molar-refractivity contribution is 8.00. The number of benzene rings is 1. The molecule has 0 saturated carbocycles. The van der Waals surface area contributed by atoms with Gasteiger partial charge in [0.25, 0.3) is 0 Å². The number of para-hydroxylation sites is 1. The number of anilines is 1. The van der Waals surface area contributed by atoms with Gasteiger partial charge in [-0.3, -0.25) is 9.20 Å². The summed E-state index contributed by atoms with van der Waals surface area (Å²) < 4.78 is 1.87. The molecular weight excluding hydrogens is 284 g/mol. The van der Waals surface area contributed by atoms with Crippen LogP contribution in [0.15, 0.2) is 59.9 Å². The molecule has 5 nitrogen and oxygen atoms in total. The molecule has 2 heterocycles. The first-order valence-electron chi connectivity index (χ1n) is 6.56. The van der Waals surface area contributed by atoms with Crippen LogP contribution in [0.5, 0.6) is 0 Å². The van der Waals surface area contributed by atoms with Crippen LogP contribution in [-0.4, -0.2) is 25.8 Å². The van der Waals surface area contributed by atoms with Crippen molar-refractivity contribution in [3.63, 3.8) is 0 Å². The third-order valence-corrected chi connectivity index (χ3v) is 4.03. The Balaban J connectivity index is 1.71. The molecule has 0 radical (unpaired) electrons. The van der Waals surface area contributed by atoms with Gasteiger partial charge in [0.05, 0.1) is 5.25 Å². The zero-order valence-corrected chi connectivity index (χ0v) is 12.2. The Morgan fingerprint density at radius 1 is 1.14 bits per heavy atom. The van der Waals surface area contributed by atoms with Crippen LogP contribution in [0.3, 0.4) is 0 Å². The Morgan fingerprint density at radius 2 is 1.90 bits per heavy atom. The molecule has 0 saturated heterocycles. The van der Waals surface area contributed by atoms with Crippen molar-refractivity contribution >= 4 is 29.0 Å². The Kier molecular flexibility index (Phi) is 3.87. The maximum atomic E-state index is 12.2. The standard InChI is InChI=1S/C15H14N4OS/c1-11(14(20)16-12-7-3-2-4-8-12)21-15-18-17-13-9-5-6-10-19(13)15/h2-11H,1H3,(H,16,20). The fraction of sp³-hybridized carbons (Fsp3) is 0.133. The molecule has 0 fully saturated rings. The molecule has 106 valence electrons. The molecule has 1 atom stereocenters. The van der Waals surface area contributed by atoms with E-state index in [1.165, 1.54) is 11.8 Å². The van der Waals surface area contributed by atoms with Crippen molar-refractivity contribution in [2.24, 2.45) is 0 Å². The number of fused-ring (bicyclic) bond motifs is 1. The van der Waals surface area contributed by atoms with E-state index in [2.05, 4.69) is 15.5 Å². The minimum absolute atomic E-state index is 0.0566. The third-order valence-electron chi connectivity index (χ3n) is 2.98. The van der Waals surface area contributed by atoms with Gasteiger partial charge in [-0.1, -0.05) is 36.0 Å². The molecule has 6 heteroatoms. The van der Waals surface area contributed by atoms with Gasteiger partial charge in [0.1, 0.15) is 0 Å². The Morgan fingerprint density at radius 3 is 2.71 bits per heavy atom. The predicted octanol–water partition coefficient (Wildman–Crippen LogP) is 2.85. The second kappa shape index (κ2) is 5.97. The molecule has 21 heavy (non-hydrogen) atoms. The van der Waals surface area contributed by atoms with E-state index in [9.17, 15) is 4.79 Å². The van der Waals surface area contributed by atoms with Crippen LogP contribution in [0.25, 0.3) is 5.65 Å². The van der Waals surface area contributed by atoms with E-state index in [-0.39, 0.29) is 11.2 Å². The quantitative estimate of drug-likeness (QED) is 0.752. The van der Waals surface area contributed by atoms with Crippen molar-refractivity contribution in [1.82, 2.24) is 14.6 Å². The number of amides is 1. The fourth-order valence-electron chi connectivity index (χ4n) is 1.88. The number of nitrogens with one attached hydrogen (secondary N) is 1. The van der Waals surface area contributed by atoms with E-state index >= 15 is 0 Å². The number of nitrogens with zero attached hydrogens (tertiary/aromatic N) is 3. The van der Waals surface area contributed by atoms with Crippen molar-refractivity contribution in [3.05, 3.63) is 54.7 Å². The number of rotatable bonds is 4. The topological polar surface area (TPSA) is 59.3 Å². The SMILES string of the molecule is CC(Sc1nnc2ccccn12)C(=O)Nc1ccccc1. The van der Waals surface area contributed by atoms with Crippen molar-refractivity contribution in [2.75, 3.05) is 5.32 Å². The predicted molar refractivity (Wildman–Crippen MR) is 83.4 cm³/mol. The molecule has 0 bridgehead atoms.